The highest BCUT2D eigenvalue weighted by molar-refractivity contribution is 7.10. The smallest absolute Gasteiger partial charge is 0.331 e. The molecule has 2 rings (SSSR count). The topological polar surface area (TPSA) is 66.4 Å². The molecule has 1 fully saturated rings. The Hall–Kier alpha value is -1.36. The van der Waals surface area contributed by atoms with E-state index in [2.05, 4.69) is 12.2 Å². The molecule has 1 aliphatic rings. The van der Waals surface area contributed by atoms with E-state index in [0.717, 1.165) is 19.3 Å². The van der Waals surface area contributed by atoms with Crippen LogP contribution in [0.1, 0.15) is 37.1 Å². The van der Waals surface area contributed by atoms with Crippen molar-refractivity contribution < 1.29 is 14.7 Å². The van der Waals surface area contributed by atoms with Gasteiger partial charge in [-0.05, 0) is 30.2 Å². The summed E-state index contributed by atoms with van der Waals surface area (Å²) in [5, 5.41) is 13.7. The van der Waals surface area contributed by atoms with E-state index in [1.165, 1.54) is 11.3 Å². The van der Waals surface area contributed by atoms with Crippen molar-refractivity contribution >= 4 is 23.2 Å². The molecule has 3 atom stereocenters. The first kappa shape index (κ1) is 13.1. The Morgan fingerprint density at radius 1 is 1.50 bits per heavy atom. The molecular formula is C13H17NO3S. The fraction of sp³-hybridized carbons (Fsp3) is 0.538. The van der Waals surface area contributed by atoms with E-state index < -0.39 is 12.0 Å². The summed E-state index contributed by atoms with van der Waals surface area (Å²) in [6, 6.07) is 2.62. The Kier molecular flexibility index (Phi) is 4.01. The summed E-state index contributed by atoms with van der Waals surface area (Å²) in [5.41, 5.74) is 0. The van der Waals surface area contributed by atoms with Gasteiger partial charge in [0.25, 0.3) is 0 Å². The van der Waals surface area contributed by atoms with Gasteiger partial charge in [0.15, 0.2) is 6.04 Å². The second kappa shape index (κ2) is 5.52. The number of carboxylic acids is 1. The van der Waals surface area contributed by atoms with Crippen molar-refractivity contribution in [1.82, 2.24) is 5.32 Å². The Labute approximate surface area is 110 Å². The Bertz CT molecular complexity index is 429. The van der Waals surface area contributed by atoms with Gasteiger partial charge in [0.05, 0.1) is 0 Å². The number of hydrogen-bond donors (Lipinski definition) is 2. The minimum Gasteiger partial charge on any atom is -0.479 e. The van der Waals surface area contributed by atoms with E-state index in [0.29, 0.717) is 10.8 Å². The van der Waals surface area contributed by atoms with Crippen LogP contribution in [0.15, 0.2) is 17.5 Å². The molecule has 0 bridgehead atoms. The first-order valence-corrected chi connectivity index (χ1v) is 7.04. The third kappa shape index (κ3) is 2.72. The molecule has 0 aromatic carbocycles. The summed E-state index contributed by atoms with van der Waals surface area (Å²) < 4.78 is 0. The van der Waals surface area contributed by atoms with Gasteiger partial charge in [0.1, 0.15) is 0 Å². The summed E-state index contributed by atoms with van der Waals surface area (Å²) in [4.78, 5) is 24.0. The lowest BCUT2D eigenvalue weighted by Gasteiger charge is -2.19. The van der Waals surface area contributed by atoms with Crippen molar-refractivity contribution in [3.8, 4) is 0 Å². The lowest BCUT2D eigenvalue weighted by Crippen LogP contribution is -2.38. The van der Waals surface area contributed by atoms with Gasteiger partial charge in [0, 0.05) is 10.8 Å². The van der Waals surface area contributed by atoms with Crippen LogP contribution in [-0.4, -0.2) is 17.0 Å². The normalized spacial score (nSPS) is 24.7. The molecule has 0 saturated heterocycles. The van der Waals surface area contributed by atoms with Crippen molar-refractivity contribution in [1.29, 1.82) is 0 Å². The first-order valence-electron chi connectivity index (χ1n) is 6.16. The highest BCUT2D eigenvalue weighted by Crippen LogP contribution is 2.32. The molecule has 0 radical (unpaired) electrons. The zero-order valence-corrected chi connectivity index (χ0v) is 11.1. The number of amides is 1. The van der Waals surface area contributed by atoms with E-state index in [9.17, 15) is 14.7 Å². The monoisotopic (exact) mass is 267 g/mol. The van der Waals surface area contributed by atoms with Gasteiger partial charge in [-0.25, -0.2) is 4.79 Å². The fourth-order valence-corrected chi connectivity index (χ4v) is 3.26. The van der Waals surface area contributed by atoms with Crippen LogP contribution >= 0.6 is 11.3 Å². The van der Waals surface area contributed by atoms with Gasteiger partial charge >= 0.3 is 5.97 Å². The summed E-state index contributed by atoms with van der Waals surface area (Å²) in [5.74, 6) is -0.813. The molecule has 1 saturated carbocycles. The third-order valence-electron chi connectivity index (χ3n) is 3.56. The number of nitrogens with one attached hydrogen (secondary N) is 1. The van der Waals surface area contributed by atoms with E-state index >= 15 is 0 Å². The Morgan fingerprint density at radius 2 is 2.28 bits per heavy atom. The molecule has 1 heterocycles. The predicted octanol–water partition coefficient (Wildman–Crippen LogP) is 2.43. The van der Waals surface area contributed by atoms with Gasteiger partial charge < -0.3 is 10.4 Å². The molecule has 3 unspecified atom stereocenters. The summed E-state index contributed by atoms with van der Waals surface area (Å²) in [6.07, 6.45) is 2.97. The van der Waals surface area contributed by atoms with Crippen LogP contribution in [0.5, 0.6) is 0 Å². The lowest BCUT2D eigenvalue weighted by molar-refractivity contribution is -0.142. The molecule has 5 heteroatoms. The first-order chi connectivity index (χ1) is 8.59. The van der Waals surface area contributed by atoms with Crippen LogP contribution in [-0.2, 0) is 9.59 Å². The molecule has 98 valence electrons. The number of carbonyl (C=O) groups excluding carboxylic acids is 1. The zero-order chi connectivity index (χ0) is 13.1. The second-order valence-electron chi connectivity index (χ2n) is 4.81. The van der Waals surface area contributed by atoms with Gasteiger partial charge in [-0.1, -0.05) is 19.4 Å². The van der Waals surface area contributed by atoms with E-state index in [4.69, 9.17) is 0 Å². The average Bonchev–Trinajstić information content (AvgIpc) is 2.95. The quantitative estimate of drug-likeness (QED) is 0.880. The molecule has 1 aliphatic carbocycles. The summed E-state index contributed by atoms with van der Waals surface area (Å²) >= 11 is 1.35. The molecular weight excluding hydrogens is 250 g/mol. The lowest BCUT2D eigenvalue weighted by atomic mass is 9.97. The number of carbonyl (C=O) groups is 2. The number of carboxylic acid groups (broad SMARTS) is 1. The fourth-order valence-electron chi connectivity index (χ4n) is 2.49. The van der Waals surface area contributed by atoms with Gasteiger partial charge in [-0.15, -0.1) is 11.3 Å². The van der Waals surface area contributed by atoms with Crippen molar-refractivity contribution in [2.75, 3.05) is 0 Å². The number of aliphatic carboxylic acids is 1. The molecule has 4 nitrogen and oxygen atoms in total. The number of hydrogen-bond acceptors (Lipinski definition) is 3. The Balaban J connectivity index is 2.06. The minimum atomic E-state index is -1.00. The largest absolute Gasteiger partial charge is 0.479 e. The van der Waals surface area contributed by atoms with E-state index in [1.807, 2.05) is 5.38 Å². The van der Waals surface area contributed by atoms with Gasteiger partial charge in [0.2, 0.25) is 5.91 Å². The number of rotatable bonds is 4. The van der Waals surface area contributed by atoms with Crippen LogP contribution in [0.3, 0.4) is 0 Å². The van der Waals surface area contributed by atoms with Crippen LogP contribution in [0.25, 0.3) is 0 Å². The van der Waals surface area contributed by atoms with Crippen LogP contribution in [0.4, 0.5) is 0 Å². The third-order valence-corrected chi connectivity index (χ3v) is 4.50. The van der Waals surface area contributed by atoms with E-state index in [1.54, 1.807) is 12.1 Å². The second-order valence-corrected chi connectivity index (χ2v) is 5.79. The zero-order valence-electron chi connectivity index (χ0n) is 10.3. The molecule has 1 aromatic rings. The van der Waals surface area contributed by atoms with Crippen molar-refractivity contribution in [3.63, 3.8) is 0 Å². The molecule has 1 amide bonds. The van der Waals surface area contributed by atoms with Gasteiger partial charge in [-0.2, -0.15) is 0 Å². The maximum atomic E-state index is 12.1. The molecule has 0 aliphatic heterocycles. The summed E-state index contributed by atoms with van der Waals surface area (Å²) in [7, 11) is 0. The van der Waals surface area contributed by atoms with Crippen molar-refractivity contribution in [2.24, 2.45) is 11.8 Å². The number of thiophene rings is 1. The Morgan fingerprint density at radius 3 is 2.78 bits per heavy atom. The summed E-state index contributed by atoms with van der Waals surface area (Å²) in [6.45, 7) is 2.05. The molecule has 0 spiro atoms. The molecule has 2 N–H and O–H groups in total. The van der Waals surface area contributed by atoms with Crippen LogP contribution in [0.2, 0.25) is 0 Å². The molecule has 1 aromatic heterocycles. The van der Waals surface area contributed by atoms with Crippen molar-refractivity contribution in [2.45, 2.75) is 32.2 Å². The standard InChI is InChI=1S/C13H17NO3S/c1-8-4-2-5-9(8)12(15)14-11(13(16)17)10-6-3-7-18-10/h3,6-9,11H,2,4-5H2,1H3,(H,14,15)(H,16,17). The maximum absolute atomic E-state index is 12.1. The highest BCUT2D eigenvalue weighted by atomic mass is 32.1. The average molecular weight is 267 g/mol. The highest BCUT2D eigenvalue weighted by Gasteiger charge is 2.32. The maximum Gasteiger partial charge on any atom is 0.331 e. The SMILES string of the molecule is CC1CCCC1C(=O)NC(C(=O)O)c1cccs1. The van der Waals surface area contributed by atoms with Gasteiger partial charge in [-0.3, -0.25) is 4.79 Å². The molecule has 18 heavy (non-hydrogen) atoms. The van der Waals surface area contributed by atoms with E-state index in [-0.39, 0.29) is 11.8 Å². The predicted molar refractivity (Wildman–Crippen MR) is 69.3 cm³/mol. The van der Waals surface area contributed by atoms with Crippen LogP contribution in [0, 0.1) is 11.8 Å². The van der Waals surface area contributed by atoms with Crippen molar-refractivity contribution in [3.05, 3.63) is 22.4 Å². The van der Waals surface area contributed by atoms with Crippen LogP contribution < -0.4 is 5.32 Å². The minimum absolute atomic E-state index is 0.0354.